The third-order valence-corrected chi connectivity index (χ3v) is 5.12. The number of methoxy groups -OCH3 is 2. The number of para-hydroxylation sites is 1. The van der Waals surface area contributed by atoms with Crippen LogP contribution in [-0.2, 0) is 0 Å². The quantitative estimate of drug-likeness (QED) is 0.793. The van der Waals surface area contributed by atoms with Crippen molar-refractivity contribution < 1.29 is 14.3 Å². The van der Waals surface area contributed by atoms with Gasteiger partial charge in [0.05, 0.1) is 25.9 Å². The smallest absolute Gasteiger partial charge is 0.322 e. The van der Waals surface area contributed by atoms with Crippen LogP contribution in [-0.4, -0.2) is 31.7 Å². The molecule has 1 aliphatic heterocycles. The zero-order valence-electron chi connectivity index (χ0n) is 14.3. The van der Waals surface area contributed by atoms with Gasteiger partial charge in [0, 0.05) is 16.6 Å². The van der Waals surface area contributed by atoms with Gasteiger partial charge in [0.2, 0.25) is 0 Å². The second-order valence-corrected chi connectivity index (χ2v) is 6.72. The van der Waals surface area contributed by atoms with Crippen LogP contribution in [0.5, 0.6) is 11.5 Å². The Morgan fingerprint density at radius 2 is 2.00 bits per heavy atom. The molecule has 0 bridgehead atoms. The number of hydrogen-bond donors (Lipinski definition) is 1. The Balaban J connectivity index is 1.85. The summed E-state index contributed by atoms with van der Waals surface area (Å²) in [6.07, 6.45) is 1.85. The summed E-state index contributed by atoms with van der Waals surface area (Å²) in [6.45, 7) is 0.710. The van der Waals surface area contributed by atoms with Crippen LogP contribution in [0.2, 0.25) is 0 Å². The third-order valence-electron chi connectivity index (χ3n) is 4.42. The maximum Gasteiger partial charge on any atom is 0.322 e. The number of carbonyl (C=O) groups excluding carboxylic acids is 1. The fourth-order valence-electron chi connectivity index (χ4n) is 3.18. The second-order valence-electron chi connectivity index (χ2n) is 5.87. The maximum atomic E-state index is 12.8. The SMILES string of the molecule is COc1ccc(OC)c(C2CCCN2C(=O)Nc2ccccc2Br)c1. The minimum atomic E-state index is -0.112. The number of amides is 2. The summed E-state index contributed by atoms with van der Waals surface area (Å²) < 4.78 is 11.7. The summed E-state index contributed by atoms with van der Waals surface area (Å²) in [6, 6.07) is 13.1. The molecule has 2 aromatic rings. The summed E-state index contributed by atoms with van der Waals surface area (Å²) in [7, 11) is 3.28. The molecular formula is C19H21BrN2O3. The van der Waals surface area contributed by atoms with Crippen LogP contribution in [0.1, 0.15) is 24.4 Å². The minimum Gasteiger partial charge on any atom is -0.497 e. The molecule has 1 N–H and O–H groups in total. The number of anilines is 1. The predicted octanol–water partition coefficient (Wildman–Crippen LogP) is 4.84. The number of carbonyl (C=O) groups is 1. The van der Waals surface area contributed by atoms with Gasteiger partial charge in [0.1, 0.15) is 11.5 Å². The molecule has 1 aliphatic rings. The van der Waals surface area contributed by atoms with Gasteiger partial charge in [-0.15, -0.1) is 0 Å². The molecule has 1 atom stereocenters. The number of urea groups is 1. The number of nitrogens with one attached hydrogen (secondary N) is 1. The van der Waals surface area contributed by atoms with Gasteiger partial charge in [-0.1, -0.05) is 12.1 Å². The lowest BCUT2D eigenvalue weighted by atomic mass is 10.0. The van der Waals surface area contributed by atoms with Crippen LogP contribution in [0.3, 0.4) is 0 Å². The average Bonchev–Trinajstić information content (AvgIpc) is 3.12. The molecule has 132 valence electrons. The van der Waals surface area contributed by atoms with E-state index in [0.29, 0.717) is 6.54 Å². The van der Waals surface area contributed by atoms with Crippen LogP contribution < -0.4 is 14.8 Å². The van der Waals surface area contributed by atoms with Crippen LogP contribution in [0, 0.1) is 0 Å². The highest BCUT2D eigenvalue weighted by Crippen LogP contribution is 2.39. The average molecular weight is 405 g/mol. The second kappa shape index (κ2) is 7.78. The molecule has 0 saturated carbocycles. The van der Waals surface area contributed by atoms with Gasteiger partial charge in [0.25, 0.3) is 0 Å². The van der Waals surface area contributed by atoms with Crippen LogP contribution in [0.4, 0.5) is 10.5 Å². The summed E-state index contributed by atoms with van der Waals surface area (Å²) in [4.78, 5) is 14.7. The van der Waals surface area contributed by atoms with Crippen LogP contribution >= 0.6 is 15.9 Å². The number of hydrogen-bond acceptors (Lipinski definition) is 3. The lowest BCUT2D eigenvalue weighted by Crippen LogP contribution is -2.34. The Labute approximate surface area is 156 Å². The maximum absolute atomic E-state index is 12.8. The summed E-state index contributed by atoms with van der Waals surface area (Å²) >= 11 is 3.47. The van der Waals surface area contributed by atoms with Crippen molar-refractivity contribution in [2.75, 3.05) is 26.1 Å². The first-order chi connectivity index (χ1) is 12.1. The van der Waals surface area contributed by atoms with Crippen molar-refractivity contribution in [2.24, 2.45) is 0 Å². The van der Waals surface area contributed by atoms with E-state index in [0.717, 1.165) is 40.1 Å². The number of halogens is 1. The van der Waals surface area contributed by atoms with Crippen molar-refractivity contribution in [3.05, 3.63) is 52.5 Å². The molecule has 0 radical (unpaired) electrons. The minimum absolute atomic E-state index is 0.0347. The number of rotatable bonds is 4. The topological polar surface area (TPSA) is 50.8 Å². The van der Waals surface area contributed by atoms with E-state index in [2.05, 4.69) is 21.2 Å². The Morgan fingerprint density at radius 3 is 2.72 bits per heavy atom. The molecule has 3 rings (SSSR count). The highest BCUT2D eigenvalue weighted by Gasteiger charge is 2.32. The largest absolute Gasteiger partial charge is 0.497 e. The van der Waals surface area contributed by atoms with Crippen molar-refractivity contribution in [2.45, 2.75) is 18.9 Å². The zero-order valence-corrected chi connectivity index (χ0v) is 15.9. The van der Waals surface area contributed by atoms with Gasteiger partial charge in [-0.2, -0.15) is 0 Å². The molecule has 0 aromatic heterocycles. The van der Waals surface area contributed by atoms with Crippen molar-refractivity contribution >= 4 is 27.6 Å². The Morgan fingerprint density at radius 1 is 1.20 bits per heavy atom. The predicted molar refractivity (Wildman–Crippen MR) is 101 cm³/mol. The Bertz CT molecular complexity index is 766. The summed E-state index contributed by atoms with van der Waals surface area (Å²) in [5, 5.41) is 2.99. The standard InChI is InChI=1S/C19H21BrN2O3/c1-24-13-9-10-18(25-2)14(12-13)17-8-5-11-22(17)19(23)21-16-7-4-3-6-15(16)20/h3-4,6-7,9-10,12,17H,5,8,11H2,1-2H3,(H,21,23). The van der Waals surface area contributed by atoms with E-state index in [1.165, 1.54) is 0 Å². The Kier molecular flexibility index (Phi) is 5.48. The molecule has 1 unspecified atom stereocenters. The monoisotopic (exact) mass is 404 g/mol. The molecule has 1 saturated heterocycles. The molecule has 2 aromatic carbocycles. The number of ether oxygens (including phenoxy) is 2. The van der Waals surface area contributed by atoms with E-state index in [9.17, 15) is 4.79 Å². The van der Waals surface area contributed by atoms with E-state index in [1.54, 1.807) is 14.2 Å². The lowest BCUT2D eigenvalue weighted by molar-refractivity contribution is 0.206. The normalized spacial score (nSPS) is 16.6. The fourth-order valence-corrected chi connectivity index (χ4v) is 3.57. The van der Waals surface area contributed by atoms with Gasteiger partial charge in [-0.25, -0.2) is 4.79 Å². The van der Waals surface area contributed by atoms with Crippen molar-refractivity contribution in [1.29, 1.82) is 0 Å². The van der Waals surface area contributed by atoms with Crippen LogP contribution in [0.15, 0.2) is 46.9 Å². The molecule has 1 heterocycles. The van der Waals surface area contributed by atoms with Crippen molar-refractivity contribution in [3.8, 4) is 11.5 Å². The molecule has 1 fully saturated rings. The third kappa shape index (κ3) is 3.74. The number of likely N-dealkylation sites (tertiary alicyclic amines) is 1. The molecule has 6 heteroatoms. The first kappa shape index (κ1) is 17.6. The lowest BCUT2D eigenvalue weighted by Gasteiger charge is -2.27. The van der Waals surface area contributed by atoms with E-state index in [4.69, 9.17) is 9.47 Å². The van der Waals surface area contributed by atoms with Gasteiger partial charge in [-0.3, -0.25) is 0 Å². The highest BCUT2D eigenvalue weighted by molar-refractivity contribution is 9.10. The van der Waals surface area contributed by atoms with Crippen molar-refractivity contribution in [1.82, 2.24) is 4.90 Å². The number of nitrogens with zero attached hydrogens (tertiary/aromatic N) is 1. The van der Waals surface area contributed by atoms with Crippen LogP contribution in [0.25, 0.3) is 0 Å². The number of benzene rings is 2. The van der Waals surface area contributed by atoms with E-state index >= 15 is 0 Å². The van der Waals surface area contributed by atoms with E-state index in [-0.39, 0.29) is 12.1 Å². The van der Waals surface area contributed by atoms with E-state index in [1.807, 2.05) is 47.4 Å². The van der Waals surface area contributed by atoms with Gasteiger partial charge < -0.3 is 19.7 Å². The highest BCUT2D eigenvalue weighted by atomic mass is 79.9. The van der Waals surface area contributed by atoms with Crippen molar-refractivity contribution in [3.63, 3.8) is 0 Å². The molecule has 25 heavy (non-hydrogen) atoms. The molecule has 0 aliphatic carbocycles. The zero-order chi connectivity index (χ0) is 17.8. The molecule has 0 spiro atoms. The Hall–Kier alpha value is -2.21. The van der Waals surface area contributed by atoms with Gasteiger partial charge >= 0.3 is 6.03 Å². The van der Waals surface area contributed by atoms with Gasteiger partial charge in [0.15, 0.2) is 0 Å². The summed E-state index contributed by atoms with van der Waals surface area (Å²) in [5.41, 5.74) is 1.73. The molecular weight excluding hydrogens is 384 g/mol. The first-order valence-corrected chi connectivity index (χ1v) is 8.97. The fraction of sp³-hybridized carbons (Fsp3) is 0.316. The van der Waals surface area contributed by atoms with E-state index < -0.39 is 0 Å². The summed E-state index contributed by atoms with van der Waals surface area (Å²) in [5.74, 6) is 1.53. The molecule has 5 nitrogen and oxygen atoms in total. The molecule has 2 amide bonds. The first-order valence-electron chi connectivity index (χ1n) is 8.18. The van der Waals surface area contributed by atoms with Gasteiger partial charge in [-0.05, 0) is 59.1 Å².